The Balaban J connectivity index is 1.49. The van der Waals surface area contributed by atoms with Crippen molar-refractivity contribution in [3.05, 3.63) is 65.7 Å². The number of nitrogens with one attached hydrogen (secondary N) is 1. The maximum Gasteiger partial charge on any atom is 0.243 e. The molecule has 1 N–H and O–H groups in total. The summed E-state index contributed by atoms with van der Waals surface area (Å²) in [5, 5.41) is 2.90. The van der Waals surface area contributed by atoms with Crippen LogP contribution in [0, 0.1) is 0 Å². The zero-order chi connectivity index (χ0) is 19.1. The monoisotopic (exact) mass is 388 g/mol. The molecule has 144 valence electrons. The fourth-order valence-electron chi connectivity index (χ4n) is 2.95. The summed E-state index contributed by atoms with van der Waals surface area (Å²) in [5.74, 6) is -0.0206. The molecule has 0 atom stereocenters. The van der Waals surface area contributed by atoms with E-state index in [1.54, 1.807) is 24.3 Å². The predicted molar refractivity (Wildman–Crippen MR) is 103 cm³/mol. The van der Waals surface area contributed by atoms with Crippen molar-refractivity contribution in [2.45, 2.75) is 17.7 Å². The van der Waals surface area contributed by atoms with Crippen LogP contribution in [0.1, 0.15) is 11.1 Å². The van der Waals surface area contributed by atoms with E-state index >= 15 is 0 Å². The lowest BCUT2D eigenvalue weighted by Gasteiger charge is -2.26. The number of morpholine rings is 1. The fraction of sp³-hybridized carbons (Fsp3) is 0.350. The lowest BCUT2D eigenvalue weighted by Crippen LogP contribution is -2.40. The van der Waals surface area contributed by atoms with Crippen LogP contribution in [0.15, 0.2) is 59.5 Å². The van der Waals surface area contributed by atoms with Crippen molar-refractivity contribution in [2.75, 3.05) is 32.8 Å². The number of benzene rings is 2. The summed E-state index contributed by atoms with van der Waals surface area (Å²) in [7, 11) is -3.46. The van der Waals surface area contributed by atoms with Gasteiger partial charge in [0.2, 0.25) is 15.9 Å². The van der Waals surface area contributed by atoms with Gasteiger partial charge in [-0.25, -0.2) is 8.42 Å². The van der Waals surface area contributed by atoms with Crippen LogP contribution >= 0.6 is 0 Å². The molecule has 2 aromatic carbocycles. The van der Waals surface area contributed by atoms with Gasteiger partial charge < -0.3 is 10.1 Å². The molecule has 27 heavy (non-hydrogen) atoms. The second-order valence-corrected chi connectivity index (χ2v) is 8.36. The molecular weight excluding hydrogens is 364 g/mol. The molecule has 0 aromatic heterocycles. The molecule has 1 aliphatic heterocycles. The minimum absolute atomic E-state index is 0.0206. The summed E-state index contributed by atoms with van der Waals surface area (Å²) in [5.41, 5.74) is 1.96. The number of nitrogens with zero attached hydrogens (tertiary/aromatic N) is 1. The van der Waals surface area contributed by atoms with Gasteiger partial charge in [0.05, 0.1) is 24.5 Å². The van der Waals surface area contributed by atoms with E-state index in [0.29, 0.717) is 50.6 Å². The molecule has 0 unspecified atom stereocenters. The molecule has 6 nitrogen and oxygen atoms in total. The fourth-order valence-corrected chi connectivity index (χ4v) is 4.36. The zero-order valence-electron chi connectivity index (χ0n) is 15.1. The molecular formula is C20H24N2O4S. The first-order valence-electron chi connectivity index (χ1n) is 9.03. The van der Waals surface area contributed by atoms with Gasteiger partial charge in [-0.05, 0) is 29.7 Å². The van der Waals surface area contributed by atoms with Crippen molar-refractivity contribution in [2.24, 2.45) is 0 Å². The van der Waals surface area contributed by atoms with E-state index in [0.717, 1.165) is 11.1 Å². The summed E-state index contributed by atoms with van der Waals surface area (Å²) in [4.78, 5) is 12.2. The van der Waals surface area contributed by atoms with Gasteiger partial charge in [0, 0.05) is 19.6 Å². The average Bonchev–Trinajstić information content (AvgIpc) is 2.70. The molecule has 0 aliphatic carbocycles. The van der Waals surface area contributed by atoms with E-state index in [4.69, 9.17) is 4.74 Å². The highest BCUT2D eigenvalue weighted by Crippen LogP contribution is 2.17. The number of amides is 1. The Hall–Kier alpha value is -2.22. The van der Waals surface area contributed by atoms with Crippen LogP contribution < -0.4 is 5.32 Å². The van der Waals surface area contributed by atoms with Crippen LogP contribution in [0.3, 0.4) is 0 Å². The number of ether oxygens (including phenoxy) is 1. The second-order valence-electron chi connectivity index (χ2n) is 6.42. The number of rotatable bonds is 7. The Bertz CT molecular complexity index is 845. The molecule has 7 heteroatoms. The molecule has 1 saturated heterocycles. The summed E-state index contributed by atoms with van der Waals surface area (Å²) in [6.45, 7) is 2.15. The maximum atomic E-state index is 12.6. The molecule has 3 rings (SSSR count). The lowest BCUT2D eigenvalue weighted by atomic mass is 10.1. The normalized spacial score (nSPS) is 15.4. The van der Waals surface area contributed by atoms with E-state index in [-0.39, 0.29) is 5.91 Å². The first-order chi connectivity index (χ1) is 13.1. The van der Waals surface area contributed by atoms with E-state index in [2.05, 4.69) is 5.32 Å². The average molecular weight is 388 g/mol. The Kier molecular flexibility index (Phi) is 6.60. The highest BCUT2D eigenvalue weighted by molar-refractivity contribution is 7.89. The number of sulfonamides is 1. The Morgan fingerprint density at radius 2 is 1.63 bits per heavy atom. The smallest absolute Gasteiger partial charge is 0.243 e. The highest BCUT2D eigenvalue weighted by Gasteiger charge is 2.25. The van der Waals surface area contributed by atoms with Gasteiger partial charge in [0.15, 0.2) is 0 Å². The summed E-state index contributed by atoms with van der Waals surface area (Å²) in [6, 6.07) is 16.5. The zero-order valence-corrected chi connectivity index (χ0v) is 16.0. The molecule has 0 saturated carbocycles. The van der Waals surface area contributed by atoms with Crippen LogP contribution in [0.2, 0.25) is 0 Å². The standard InChI is InChI=1S/C20H24N2O4S/c23-20(16-18-4-2-1-3-5-18)21-11-10-17-6-8-19(9-7-17)27(24,25)22-12-14-26-15-13-22/h1-9H,10-16H2,(H,21,23). The van der Waals surface area contributed by atoms with E-state index in [9.17, 15) is 13.2 Å². The highest BCUT2D eigenvalue weighted by atomic mass is 32.2. The number of carbonyl (C=O) groups is 1. The Morgan fingerprint density at radius 3 is 2.30 bits per heavy atom. The number of hydrogen-bond acceptors (Lipinski definition) is 4. The van der Waals surface area contributed by atoms with E-state index in [1.165, 1.54) is 4.31 Å². The molecule has 0 spiro atoms. The minimum atomic E-state index is -3.46. The molecule has 1 fully saturated rings. The quantitative estimate of drug-likeness (QED) is 0.782. The van der Waals surface area contributed by atoms with Crippen LogP contribution in [0.25, 0.3) is 0 Å². The van der Waals surface area contributed by atoms with Crippen molar-refractivity contribution in [3.63, 3.8) is 0 Å². The summed E-state index contributed by atoms with van der Waals surface area (Å²) >= 11 is 0. The van der Waals surface area contributed by atoms with Crippen LogP contribution in [-0.2, 0) is 32.4 Å². The Labute approximate surface area is 160 Å². The van der Waals surface area contributed by atoms with Crippen LogP contribution in [0.4, 0.5) is 0 Å². The van der Waals surface area contributed by atoms with Crippen LogP contribution in [-0.4, -0.2) is 51.5 Å². The molecule has 2 aromatic rings. The maximum absolute atomic E-state index is 12.6. The van der Waals surface area contributed by atoms with E-state index in [1.807, 2.05) is 30.3 Å². The van der Waals surface area contributed by atoms with Crippen molar-refractivity contribution in [1.29, 1.82) is 0 Å². The molecule has 1 heterocycles. The largest absolute Gasteiger partial charge is 0.379 e. The number of hydrogen-bond donors (Lipinski definition) is 1. The third kappa shape index (κ3) is 5.38. The summed E-state index contributed by atoms with van der Waals surface area (Å²) < 4.78 is 31.8. The molecule has 0 bridgehead atoms. The van der Waals surface area contributed by atoms with Gasteiger partial charge in [0.25, 0.3) is 0 Å². The third-order valence-corrected chi connectivity index (χ3v) is 6.39. The van der Waals surface area contributed by atoms with Gasteiger partial charge in [-0.1, -0.05) is 42.5 Å². The van der Waals surface area contributed by atoms with Crippen LogP contribution in [0.5, 0.6) is 0 Å². The van der Waals surface area contributed by atoms with Crippen molar-refractivity contribution >= 4 is 15.9 Å². The van der Waals surface area contributed by atoms with E-state index < -0.39 is 10.0 Å². The molecule has 1 aliphatic rings. The first-order valence-corrected chi connectivity index (χ1v) is 10.5. The SMILES string of the molecule is O=C(Cc1ccccc1)NCCc1ccc(S(=O)(=O)N2CCOCC2)cc1. The van der Waals surface area contributed by atoms with Gasteiger partial charge in [-0.15, -0.1) is 0 Å². The van der Waals surface area contributed by atoms with Crippen molar-refractivity contribution < 1.29 is 17.9 Å². The van der Waals surface area contributed by atoms with Gasteiger partial charge >= 0.3 is 0 Å². The Morgan fingerprint density at radius 1 is 0.963 bits per heavy atom. The molecule has 1 amide bonds. The predicted octanol–water partition coefficient (Wildman–Crippen LogP) is 1.61. The second kappa shape index (κ2) is 9.12. The molecule has 0 radical (unpaired) electrons. The van der Waals surface area contributed by atoms with Crippen molar-refractivity contribution in [1.82, 2.24) is 9.62 Å². The first kappa shape index (κ1) is 19.5. The summed E-state index contributed by atoms with van der Waals surface area (Å²) in [6.07, 6.45) is 1.01. The minimum Gasteiger partial charge on any atom is -0.379 e. The van der Waals surface area contributed by atoms with Crippen molar-refractivity contribution in [3.8, 4) is 0 Å². The van der Waals surface area contributed by atoms with Gasteiger partial charge in [-0.3, -0.25) is 4.79 Å². The van der Waals surface area contributed by atoms with Gasteiger partial charge in [-0.2, -0.15) is 4.31 Å². The third-order valence-electron chi connectivity index (χ3n) is 4.47. The number of carbonyl (C=O) groups excluding carboxylic acids is 1. The topological polar surface area (TPSA) is 75.7 Å². The lowest BCUT2D eigenvalue weighted by molar-refractivity contribution is -0.120. The van der Waals surface area contributed by atoms with Gasteiger partial charge in [0.1, 0.15) is 0 Å².